The van der Waals surface area contributed by atoms with Crippen LogP contribution in [-0.2, 0) is 32.6 Å². The molecule has 3 aromatic rings. The van der Waals surface area contributed by atoms with Gasteiger partial charge in [-0.2, -0.15) is 0 Å². The minimum atomic E-state index is -3.82. The summed E-state index contributed by atoms with van der Waals surface area (Å²) in [5.41, 5.74) is 1.97. The molecule has 0 saturated carbocycles. The molecule has 0 unspecified atom stereocenters. The number of likely N-dealkylation sites (N-methyl/N-ethyl adjacent to an activating group) is 1. The summed E-state index contributed by atoms with van der Waals surface area (Å²) in [6, 6.07) is 22.3. The van der Waals surface area contributed by atoms with E-state index < -0.39 is 28.5 Å². The Morgan fingerprint density at radius 1 is 0.946 bits per heavy atom. The summed E-state index contributed by atoms with van der Waals surface area (Å²) < 4.78 is 27.1. The number of halogens is 2. The van der Waals surface area contributed by atoms with E-state index in [9.17, 15) is 18.0 Å². The number of rotatable bonds is 11. The molecule has 0 aliphatic rings. The maximum absolute atomic E-state index is 13.9. The molecule has 0 aromatic heterocycles. The predicted octanol–water partition coefficient (Wildman–Crippen LogP) is 4.64. The SMILES string of the molecule is CCNC(=O)[C@@H](Cc1ccccc1)N(Cc1ccc(Cl)cc1)C(=O)CN(c1ccccc1Br)S(C)(=O)=O. The number of anilines is 1. The van der Waals surface area contributed by atoms with Crippen molar-refractivity contribution in [1.29, 1.82) is 0 Å². The third-order valence-electron chi connectivity index (χ3n) is 5.69. The van der Waals surface area contributed by atoms with Gasteiger partial charge in [0, 0.05) is 29.0 Å². The fraction of sp³-hybridized carbons (Fsp3) is 0.259. The minimum absolute atomic E-state index is 0.0954. The van der Waals surface area contributed by atoms with Crippen molar-refractivity contribution in [2.75, 3.05) is 23.7 Å². The van der Waals surface area contributed by atoms with Gasteiger partial charge in [-0.1, -0.05) is 66.2 Å². The molecule has 1 N–H and O–H groups in total. The quantitative estimate of drug-likeness (QED) is 0.345. The number of hydrogen-bond donors (Lipinski definition) is 1. The summed E-state index contributed by atoms with van der Waals surface area (Å²) in [6.07, 6.45) is 1.31. The van der Waals surface area contributed by atoms with Gasteiger partial charge >= 0.3 is 0 Å². The molecule has 0 radical (unpaired) electrons. The molecule has 0 bridgehead atoms. The van der Waals surface area contributed by atoms with E-state index in [1.54, 1.807) is 55.5 Å². The van der Waals surface area contributed by atoms with E-state index in [-0.39, 0.29) is 18.9 Å². The molecule has 0 fully saturated rings. The number of benzene rings is 3. The highest BCUT2D eigenvalue weighted by atomic mass is 79.9. The fourth-order valence-corrected chi connectivity index (χ4v) is 5.48. The highest BCUT2D eigenvalue weighted by Crippen LogP contribution is 2.28. The lowest BCUT2D eigenvalue weighted by molar-refractivity contribution is -0.140. The molecular weight excluding hydrogens is 578 g/mol. The molecule has 3 aromatic carbocycles. The third kappa shape index (κ3) is 8.05. The number of sulfonamides is 1. The van der Waals surface area contributed by atoms with Crippen LogP contribution < -0.4 is 9.62 Å². The average molecular weight is 607 g/mol. The van der Waals surface area contributed by atoms with Crippen LogP contribution in [0.5, 0.6) is 0 Å². The number of hydrogen-bond acceptors (Lipinski definition) is 4. The Morgan fingerprint density at radius 3 is 2.16 bits per heavy atom. The van der Waals surface area contributed by atoms with Gasteiger partial charge < -0.3 is 10.2 Å². The van der Waals surface area contributed by atoms with Crippen LogP contribution in [0.2, 0.25) is 5.02 Å². The number of para-hydroxylation sites is 1. The van der Waals surface area contributed by atoms with Gasteiger partial charge in [-0.15, -0.1) is 0 Å². The average Bonchev–Trinajstić information content (AvgIpc) is 2.86. The van der Waals surface area contributed by atoms with Gasteiger partial charge in [0.05, 0.1) is 11.9 Å². The lowest BCUT2D eigenvalue weighted by Gasteiger charge is -2.33. The maximum atomic E-state index is 13.9. The van der Waals surface area contributed by atoms with Crippen molar-refractivity contribution in [1.82, 2.24) is 10.2 Å². The highest BCUT2D eigenvalue weighted by molar-refractivity contribution is 9.10. The molecule has 0 saturated heterocycles. The van der Waals surface area contributed by atoms with Crippen molar-refractivity contribution in [3.63, 3.8) is 0 Å². The largest absolute Gasteiger partial charge is 0.355 e. The smallest absolute Gasteiger partial charge is 0.244 e. The maximum Gasteiger partial charge on any atom is 0.244 e. The standard InChI is InChI=1S/C27H29BrClN3O4S/c1-3-30-27(34)25(17-20-9-5-4-6-10-20)31(18-21-13-15-22(29)16-14-21)26(33)19-32(37(2,35)36)24-12-8-7-11-23(24)28/h4-16,25H,3,17-19H2,1-2H3,(H,30,34)/t25-/m1/s1. The third-order valence-corrected chi connectivity index (χ3v) is 7.74. The zero-order valence-corrected chi connectivity index (χ0v) is 23.8. The lowest BCUT2D eigenvalue weighted by Crippen LogP contribution is -2.53. The van der Waals surface area contributed by atoms with Crippen molar-refractivity contribution in [3.05, 3.63) is 99.5 Å². The Labute approximate surface area is 231 Å². The van der Waals surface area contributed by atoms with Gasteiger partial charge in [-0.3, -0.25) is 13.9 Å². The van der Waals surface area contributed by atoms with Crippen molar-refractivity contribution < 1.29 is 18.0 Å². The van der Waals surface area contributed by atoms with Crippen molar-refractivity contribution in [2.45, 2.75) is 25.9 Å². The van der Waals surface area contributed by atoms with Gasteiger partial charge in [-0.25, -0.2) is 8.42 Å². The summed E-state index contributed by atoms with van der Waals surface area (Å²) in [7, 11) is -3.82. The molecule has 37 heavy (non-hydrogen) atoms. The Bertz CT molecular complexity index is 1320. The van der Waals surface area contributed by atoms with Crippen LogP contribution in [0.25, 0.3) is 0 Å². The van der Waals surface area contributed by atoms with Crippen molar-refractivity contribution in [3.8, 4) is 0 Å². The normalized spacial score (nSPS) is 12.0. The highest BCUT2D eigenvalue weighted by Gasteiger charge is 2.33. The van der Waals surface area contributed by atoms with Gasteiger partial charge in [0.2, 0.25) is 21.8 Å². The van der Waals surface area contributed by atoms with E-state index in [0.717, 1.165) is 21.7 Å². The minimum Gasteiger partial charge on any atom is -0.355 e. The molecule has 1 atom stereocenters. The Balaban J connectivity index is 2.04. The van der Waals surface area contributed by atoms with Crippen LogP contribution in [0, 0.1) is 0 Å². The lowest BCUT2D eigenvalue weighted by atomic mass is 10.0. The monoisotopic (exact) mass is 605 g/mol. The van der Waals surface area contributed by atoms with E-state index in [1.807, 2.05) is 30.3 Å². The Hall–Kier alpha value is -2.88. The number of carbonyl (C=O) groups excluding carboxylic acids is 2. The number of nitrogens with zero attached hydrogens (tertiary/aromatic N) is 2. The van der Waals surface area contributed by atoms with Crippen LogP contribution in [0.4, 0.5) is 5.69 Å². The number of carbonyl (C=O) groups is 2. The van der Waals surface area contributed by atoms with E-state index in [2.05, 4.69) is 21.2 Å². The van der Waals surface area contributed by atoms with Crippen LogP contribution in [0.3, 0.4) is 0 Å². The molecule has 0 heterocycles. The summed E-state index contributed by atoms with van der Waals surface area (Å²) in [6.45, 7) is 1.82. The fourth-order valence-electron chi connectivity index (χ4n) is 3.88. The van der Waals surface area contributed by atoms with E-state index >= 15 is 0 Å². The van der Waals surface area contributed by atoms with Gasteiger partial charge in [-0.05, 0) is 58.2 Å². The molecule has 10 heteroatoms. The first-order valence-corrected chi connectivity index (χ1v) is 14.7. The zero-order chi connectivity index (χ0) is 27.0. The van der Waals surface area contributed by atoms with Crippen LogP contribution in [0.1, 0.15) is 18.1 Å². The molecule has 0 spiro atoms. The first-order valence-electron chi connectivity index (χ1n) is 11.7. The van der Waals surface area contributed by atoms with Crippen molar-refractivity contribution >= 4 is 55.1 Å². The topological polar surface area (TPSA) is 86.8 Å². The molecule has 3 rings (SSSR count). The molecule has 0 aliphatic heterocycles. The summed E-state index contributed by atoms with van der Waals surface area (Å²) in [5.74, 6) is -0.830. The van der Waals surface area contributed by atoms with Gasteiger partial charge in [0.25, 0.3) is 0 Å². The first kappa shape index (κ1) is 28.7. The van der Waals surface area contributed by atoms with Gasteiger partial charge in [0.1, 0.15) is 12.6 Å². The van der Waals surface area contributed by atoms with E-state index in [0.29, 0.717) is 21.7 Å². The van der Waals surface area contributed by atoms with Crippen LogP contribution in [-0.4, -0.2) is 50.5 Å². The van der Waals surface area contributed by atoms with E-state index in [4.69, 9.17) is 11.6 Å². The summed E-state index contributed by atoms with van der Waals surface area (Å²) in [4.78, 5) is 28.6. The second-order valence-corrected chi connectivity index (χ2v) is 11.7. The zero-order valence-electron chi connectivity index (χ0n) is 20.6. The Morgan fingerprint density at radius 2 is 1.57 bits per heavy atom. The molecule has 0 aliphatic carbocycles. The number of amides is 2. The molecule has 196 valence electrons. The first-order chi connectivity index (χ1) is 17.6. The second kappa shape index (κ2) is 13.1. The molecular formula is C27H29BrClN3O4S. The van der Waals surface area contributed by atoms with Gasteiger partial charge in [0.15, 0.2) is 0 Å². The Kier molecular flexibility index (Phi) is 10.1. The van der Waals surface area contributed by atoms with Crippen LogP contribution in [0.15, 0.2) is 83.3 Å². The number of nitrogens with one attached hydrogen (secondary N) is 1. The van der Waals surface area contributed by atoms with Crippen molar-refractivity contribution in [2.24, 2.45) is 0 Å². The molecule has 7 nitrogen and oxygen atoms in total. The summed E-state index contributed by atoms with van der Waals surface area (Å²) in [5, 5.41) is 3.37. The van der Waals surface area contributed by atoms with E-state index in [1.165, 1.54) is 4.90 Å². The molecule has 2 amide bonds. The van der Waals surface area contributed by atoms with Crippen LogP contribution >= 0.6 is 27.5 Å². The predicted molar refractivity (Wildman–Crippen MR) is 151 cm³/mol. The second-order valence-electron chi connectivity index (χ2n) is 8.47. The summed E-state index contributed by atoms with van der Waals surface area (Å²) >= 11 is 9.44.